The molecule has 0 spiro atoms. The summed E-state index contributed by atoms with van der Waals surface area (Å²) in [6.45, 7) is 11.1. The summed E-state index contributed by atoms with van der Waals surface area (Å²) in [6.07, 6.45) is -4.26. The van der Waals surface area contributed by atoms with Crippen molar-refractivity contribution in [3.05, 3.63) is 41.9 Å². The van der Waals surface area contributed by atoms with Crippen molar-refractivity contribution in [1.29, 1.82) is 5.26 Å². The molecule has 184 valence electrons. The van der Waals surface area contributed by atoms with Gasteiger partial charge in [0, 0.05) is 17.3 Å². The van der Waals surface area contributed by atoms with Gasteiger partial charge in [-0.3, -0.25) is 4.90 Å². The van der Waals surface area contributed by atoms with Gasteiger partial charge in [-0.25, -0.2) is 14.8 Å². The van der Waals surface area contributed by atoms with Gasteiger partial charge in [0.1, 0.15) is 18.4 Å². The molecule has 34 heavy (non-hydrogen) atoms. The van der Waals surface area contributed by atoms with Crippen LogP contribution in [0.25, 0.3) is 11.3 Å². The molecule has 1 amide bonds. The van der Waals surface area contributed by atoms with Gasteiger partial charge >= 0.3 is 12.3 Å². The first kappa shape index (κ1) is 26.9. The summed E-state index contributed by atoms with van der Waals surface area (Å²) >= 11 is 0. The molecule has 1 atom stereocenters. The predicted molar refractivity (Wildman–Crippen MR) is 120 cm³/mol. The van der Waals surface area contributed by atoms with E-state index in [1.54, 1.807) is 27.7 Å². The molecule has 0 saturated carbocycles. The van der Waals surface area contributed by atoms with Crippen molar-refractivity contribution in [2.24, 2.45) is 5.92 Å². The lowest BCUT2D eigenvalue weighted by atomic mass is 9.86. The number of nitrogens with zero attached hydrogens (tertiary/aromatic N) is 4. The van der Waals surface area contributed by atoms with Crippen LogP contribution in [0.3, 0.4) is 0 Å². The summed E-state index contributed by atoms with van der Waals surface area (Å²) in [5.41, 5.74) is -1.21. The molecular weight excluding hydrogens is 449 g/mol. The molecule has 1 N–H and O–H groups in total. The van der Waals surface area contributed by atoms with Crippen LogP contribution >= 0.6 is 0 Å². The number of amides is 1. The van der Waals surface area contributed by atoms with Crippen LogP contribution in [0, 0.1) is 17.2 Å². The average Bonchev–Trinajstić information content (AvgIpc) is 2.69. The van der Waals surface area contributed by atoms with E-state index in [-0.39, 0.29) is 29.5 Å². The Balaban J connectivity index is 2.40. The van der Waals surface area contributed by atoms with Gasteiger partial charge in [0.15, 0.2) is 0 Å². The third kappa shape index (κ3) is 6.37. The van der Waals surface area contributed by atoms with Gasteiger partial charge in [0.2, 0.25) is 5.82 Å². The molecule has 1 unspecified atom stereocenters. The zero-order chi connectivity index (χ0) is 25.9. The molecule has 1 aromatic heterocycles. The van der Waals surface area contributed by atoms with Crippen LogP contribution in [-0.4, -0.2) is 43.8 Å². The van der Waals surface area contributed by atoms with Gasteiger partial charge in [-0.15, -0.1) is 0 Å². The largest absolute Gasteiger partial charge is 0.490 e. The molecule has 0 fully saturated rings. The third-order valence-electron chi connectivity index (χ3n) is 5.09. The summed E-state index contributed by atoms with van der Waals surface area (Å²) in [6, 6.07) is 7.66. The van der Waals surface area contributed by atoms with Crippen molar-refractivity contribution in [2.45, 2.75) is 65.2 Å². The fourth-order valence-electron chi connectivity index (χ4n) is 4.21. The van der Waals surface area contributed by atoms with Gasteiger partial charge in [0.05, 0.1) is 16.8 Å². The van der Waals surface area contributed by atoms with Crippen molar-refractivity contribution in [1.82, 2.24) is 14.9 Å². The smallest absolute Gasteiger partial charge is 0.451 e. The number of carbonyl (C=O) groups is 1. The summed E-state index contributed by atoms with van der Waals surface area (Å²) in [7, 11) is 0. The zero-order valence-corrected chi connectivity index (χ0v) is 20.1. The van der Waals surface area contributed by atoms with E-state index in [9.17, 15) is 28.3 Å². The summed E-state index contributed by atoms with van der Waals surface area (Å²) in [4.78, 5) is 20.3. The quantitative estimate of drug-likeness (QED) is 0.524. The lowest BCUT2D eigenvalue weighted by molar-refractivity contribution is -0.144. The van der Waals surface area contributed by atoms with Crippen LogP contribution in [0.15, 0.2) is 30.5 Å². The van der Waals surface area contributed by atoms with E-state index < -0.39 is 29.2 Å². The molecule has 1 heterocycles. The van der Waals surface area contributed by atoms with Crippen LogP contribution in [0.4, 0.5) is 18.0 Å². The number of aromatic nitrogens is 2. The molecule has 2 rings (SSSR count). The fraction of sp³-hybridized carbons (Fsp3) is 0.500. The Kier molecular flexibility index (Phi) is 7.81. The lowest BCUT2D eigenvalue weighted by Crippen LogP contribution is -2.61. The number of ether oxygens (including phenoxy) is 1. The SMILES string of the molecule is CC(C)CC(C)(COc1ccc(-c2ccnc(C(F)(F)F)n2)cc1C#N)N(C(=O)O)C(C)(C)C. The molecule has 0 aliphatic carbocycles. The molecule has 0 aliphatic rings. The third-order valence-corrected chi connectivity index (χ3v) is 5.09. The molecule has 0 saturated heterocycles. The maximum Gasteiger partial charge on any atom is 0.451 e. The summed E-state index contributed by atoms with van der Waals surface area (Å²) in [5, 5.41) is 19.6. The second kappa shape index (κ2) is 9.87. The molecule has 1 aromatic carbocycles. The van der Waals surface area contributed by atoms with Crippen LogP contribution in [0.1, 0.15) is 59.4 Å². The second-order valence-electron chi connectivity index (χ2n) is 9.76. The van der Waals surface area contributed by atoms with E-state index >= 15 is 0 Å². The fourth-order valence-corrected chi connectivity index (χ4v) is 4.21. The van der Waals surface area contributed by atoms with E-state index in [1.807, 2.05) is 19.9 Å². The maximum atomic E-state index is 13.0. The molecule has 0 radical (unpaired) electrons. The molecule has 0 bridgehead atoms. The monoisotopic (exact) mass is 478 g/mol. The number of halogens is 3. The first-order valence-corrected chi connectivity index (χ1v) is 10.7. The molecule has 7 nitrogen and oxygen atoms in total. The Morgan fingerprint density at radius 2 is 1.85 bits per heavy atom. The van der Waals surface area contributed by atoms with E-state index in [0.29, 0.717) is 12.0 Å². The number of hydrogen-bond acceptors (Lipinski definition) is 5. The molecule has 0 aliphatic heterocycles. The minimum atomic E-state index is -4.69. The first-order valence-electron chi connectivity index (χ1n) is 10.7. The maximum absolute atomic E-state index is 13.0. The minimum absolute atomic E-state index is 0.0137. The Labute approximate surface area is 197 Å². The highest BCUT2D eigenvalue weighted by molar-refractivity contribution is 5.67. The Hall–Kier alpha value is -3.35. The number of hydrogen-bond donors (Lipinski definition) is 1. The molecular formula is C24H29F3N4O3. The van der Waals surface area contributed by atoms with Crippen molar-refractivity contribution < 1.29 is 27.8 Å². The zero-order valence-electron chi connectivity index (χ0n) is 20.1. The number of nitriles is 1. The molecule has 2 aromatic rings. The normalized spacial score (nSPS) is 13.8. The van der Waals surface area contributed by atoms with E-state index in [0.717, 1.165) is 6.20 Å². The Bertz CT molecular complexity index is 1070. The van der Waals surface area contributed by atoms with Crippen molar-refractivity contribution in [2.75, 3.05) is 6.61 Å². The van der Waals surface area contributed by atoms with Crippen molar-refractivity contribution >= 4 is 6.09 Å². The minimum Gasteiger partial charge on any atom is -0.490 e. The van der Waals surface area contributed by atoms with E-state index in [4.69, 9.17) is 4.74 Å². The topological polar surface area (TPSA) is 99.3 Å². The number of benzene rings is 1. The van der Waals surface area contributed by atoms with E-state index in [2.05, 4.69) is 9.97 Å². The number of rotatable bonds is 7. The second-order valence-corrected chi connectivity index (χ2v) is 9.76. The standard InChI is InChI=1S/C24H29F3N4O3/c1-15(2)12-23(6,31(21(32)33)22(3,4)5)14-34-19-8-7-16(11-17(19)13-28)18-9-10-29-20(30-18)24(25,26)27/h7-11,15H,12,14H2,1-6H3,(H,32,33). The molecule has 10 heteroatoms. The van der Waals surface area contributed by atoms with Gasteiger partial charge in [0.25, 0.3) is 0 Å². The average molecular weight is 479 g/mol. The number of carboxylic acid groups (broad SMARTS) is 1. The van der Waals surface area contributed by atoms with E-state index in [1.165, 1.54) is 29.2 Å². The highest BCUT2D eigenvalue weighted by Crippen LogP contribution is 2.34. The van der Waals surface area contributed by atoms with Crippen molar-refractivity contribution in [3.8, 4) is 23.1 Å². The van der Waals surface area contributed by atoms with Crippen LogP contribution in [0.5, 0.6) is 5.75 Å². The van der Waals surface area contributed by atoms with Gasteiger partial charge in [-0.1, -0.05) is 13.8 Å². The summed E-state index contributed by atoms with van der Waals surface area (Å²) in [5.74, 6) is -0.911. The van der Waals surface area contributed by atoms with Gasteiger partial charge in [-0.2, -0.15) is 18.4 Å². The lowest BCUT2D eigenvalue weighted by Gasteiger charge is -2.47. The highest BCUT2D eigenvalue weighted by atomic mass is 19.4. The predicted octanol–water partition coefficient (Wildman–Crippen LogP) is 6.00. The van der Waals surface area contributed by atoms with Crippen LogP contribution in [-0.2, 0) is 6.18 Å². The highest BCUT2D eigenvalue weighted by Gasteiger charge is 2.43. The first-order chi connectivity index (χ1) is 15.6. The van der Waals surface area contributed by atoms with Gasteiger partial charge < -0.3 is 9.84 Å². The number of alkyl halides is 3. The van der Waals surface area contributed by atoms with Crippen molar-refractivity contribution in [3.63, 3.8) is 0 Å². The van der Waals surface area contributed by atoms with Crippen LogP contribution in [0.2, 0.25) is 0 Å². The Morgan fingerprint density at radius 3 is 2.35 bits per heavy atom. The van der Waals surface area contributed by atoms with Gasteiger partial charge in [-0.05, 0) is 64.3 Å². The summed E-state index contributed by atoms with van der Waals surface area (Å²) < 4.78 is 44.8. The Morgan fingerprint density at radius 1 is 1.21 bits per heavy atom. The van der Waals surface area contributed by atoms with Crippen LogP contribution < -0.4 is 4.74 Å².